The number of hydrogen-bond acceptors (Lipinski definition) is 4. The number of ether oxygens (including phenoxy) is 2. The van der Waals surface area contributed by atoms with E-state index in [-0.39, 0.29) is 5.91 Å². The third-order valence-corrected chi connectivity index (χ3v) is 2.94. The molecule has 0 aliphatic carbocycles. The number of benzene rings is 1. The van der Waals surface area contributed by atoms with E-state index in [0.717, 1.165) is 0 Å². The van der Waals surface area contributed by atoms with Gasteiger partial charge in [-0.25, -0.2) is 0 Å². The normalized spacial score (nSPS) is 11.6. The fraction of sp³-hybridized carbons (Fsp3) is 0.429. The molecule has 0 aliphatic rings. The van der Waals surface area contributed by atoms with E-state index in [4.69, 9.17) is 14.6 Å². The Bertz CT molecular complexity index is 486. The number of amides is 1. The molecule has 110 valence electrons. The van der Waals surface area contributed by atoms with Crippen LogP contribution in [-0.4, -0.2) is 37.7 Å². The summed E-state index contributed by atoms with van der Waals surface area (Å²) >= 11 is 0. The molecule has 1 rings (SSSR count). The zero-order chi connectivity index (χ0) is 15.1. The van der Waals surface area contributed by atoms with Crippen LogP contribution in [0.4, 0.5) is 0 Å². The Balaban J connectivity index is 2.65. The average molecular weight is 281 g/mol. The minimum atomic E-state index is -0.874. The van der Waals surface area contributed by atoms with Crippen molar-refractivity contribution in [1.29, 1.82) is 0 Å². The van der Waals surface area contributed by atoms with Crippen LogP contribution in [-0.2, 0) is 4.79 Å². The fourth-order valence-electron chi connectivity index (χ4n) is 1.61. The highest BCUT2D eigenvalue weighted by molar-refractivity contribution is 5.97. The van der Waals surface area contributed by atoms with Gasteiger partial charge >= 0.3 is 5.97 Å². The molecule has 0 fully saturated rings. The van der Waals surface area contributed by atoms with Gasteiger partial charge in [0.05, 0.1) is 25.7 Å². The van der Waals surface area contributed by atoms with Crippen LogP contribution in [0.25, 0.3) is 0 Å². The highest BCUT2D eigenvalue weighted by atomic mass is 16.5. The number of carboxylic acids is 1. The van der Waals surface area contributed by atoms with Crippen LogP contribution >= 0.6 is 0 Å². The molecule has 2 N–H and O–H groups in total. The van der Waals surface area contributed by atoms with Gasteiger partial charge in [0, 0.05) is 12.6 Å². The lowest BCUT2D eigenvalue weighted by atomic mass is 10.1. The second-order valence-corrected chi connectivity index (χ2v) is 4.35. The SMILES string of the molecule is COc1ccc(C(=O)NCCC(C)C(=O)O)c(OC)c1. The number of hydrogen-bond donors (Lipinski definition) is 2. The second-order valence-electron chi connectivity index (χ2n) is 4.35. The molecule has 20 heavy (non-hydrogen) atoms. The minimum Gasteiger partial charge on any atom is -0.497 e. The van der Waals surface area contributed by atoms with Crippen molar-refractivity contribution in [3.63, 3.8) is 0 Å². The van der Waals surface area contributed by atoms with Crippen LogP contribution in [0.5, 0.6) is 11.5 Å². The number of carbonyl (C=O) groups excluding carboxylic acids is 1. The van der Waals surface area contributed by atoms with Crippen molar-refractivity contribution in [2.24, 2.45) is 5.92 Å². The summed E-state index contributed by atoms with van der Waals surface area (Å²) in [6, 6.07) is 4.89. The minimum absolute atomic E-state index is 0.293. The van der Waals surface area contributed by atoms with E-state index in [0.29, 0.717) is 30.0 Å². The van der Waals surface area contributed by atoms with Crippen molar-refractivity contribution in [3.05, 3.63) is 23.8 Å². The highest BCUT2D eigenvalue weighted by Crippen LogP contribution is 2.24. The van der Waals surface area contributed by atoms with E-state index in [1.807, 2.05) is 0 Å². The van der Waals surface area contributed by atoms with E-state index in [1.54, 1.807) is 25.1 Å². The molecule has 0 radical (unpaired) electrons. The molecule has 0 bridgehead atoms. The van der Waals surface area contributed by atoms with Crippen LogP contribution in [0.3, 0.4) is 0 Å². The lowest BCUT2D eigenvalue weighted by Gasteiger charge is -2.11. The molecule has 1 aromatic carbocycles. The van der Waals surface area contributed by atoms with Gasteiger partial charge in [-0.3, -0.25) is 9.59 Å². The van der Waals surface area contributed by atoms with Gasteiger partial charge in [-0.05, 0) is 18.6 Å². The van der Waals surface area contributed by atoms with E-state index in [9.17, 15) is 9.59 Å². The molecule has 1 amide bonds. The Morgan fingerprint density at radius 2 is 2.00 bits per heavy atom. The summed E-state index contributed by atoms with van der Waals surface area (Å²) in [7, 11) is 3.00. The summed E-state index contributed by atoms with van der Waals surface area (Å²) in [5.41, 5.74) is 0.385. The molecule has 6 heteroatoms. The molecule has 0 saturated heterocycles. The average Bonchev–Trinajstić information content (AvgIpc) is 2.45. The summed E-state index contributed by atoms with van der Waals surface area (Å²) in [5.74, 6) is -0.664. The maximum atomic E-state index is 12.0. The first-order chi connectivity index (χ1) is 9.49. The lowest BCUT2D eigenvalue weighted by Crippen LogP contribution is -2.27. The topological polar surface area (TPSA) is 84.9 Å². The second kappa shape index (κ2) is 7.37. The summed E-state index contributed by atoms with van der Waals surface area (Å²) in [6.07, 6.45) is 0.375. The number of rotatable bonds is 7. The monoisotopic (exact) mass is 281 g/mol. The van der Waals surface area contributed by atoms with E-state index < -0.39 is 11.9 Å². The maximum Gasteiger partial charge on any atom is 0.306 e. The van der Waals surface area contributed by atoms with Crippen molar-refractivity contribution in [1.82, 2.24) is 5.32 Å². The first-order valence-corrected chi connectivity index (χ1v) is 6.22. The molecule has 1 aromatic rings. The van der Waals surface area contributed by atoms with Gasteiger partial charge in [-0.15, -0.1) is 0 Å². The quantitative estimate of drug-likeness (QED) is 0.792. The Morgan fingerprint density at radius 1 is 1.30 bits per heavy atom. The van der Waals surface area contributed by atoms with Crippen molar-refractivity contribution >= 4 is 11.9 Å². The Kier molecular flexibility index (Phi) is 5.83. The predicted octanol–water partition coefficient (Wildman–Crippen LogP) is 1.54. The van der Waals surface area contributed by atoms with Crippen molar-refractivity contribution in [2.45, 2.75) is 13.3 Å². The molecule has 0 spiro atoms. The summed E-state index contributed by atoms with van der Waals surface area (Å²) in [4.78, 5) is 22.7. The first-order valence-electron chi connectivity index (χ1n) is 6.22. The standard InChI is InChI=1S/C14H19NO5/c1-9(14(17)18)6-7-15-13(16)11-5-4-10(19-2)8-12(11)20-3/h4-5,8-9H,6-7H2,1-3H3,(H,15,16)(H,17,18). The van der Waals surface area contributed by atoms with Crippen molar-refractivity contribution < 1.29 is 24.2 Å². The van der Waals surface area contributed by atoms with Crippen LogP contribution in [0, 0.1) is 5.92 Å². The third kappa shape index (κ3) is 4.15. The van der Waals surface area contributed by atoms with Gasteiger partial charge in [-0.2, -0.15) is 0 Å². The molecule has 0 heterocycles. The maximum absolute atomic E-state index is 12.0. The van der Waals surface area contributed by atoms with Gasteiger partial charge in [0.25, 0.3) is 5.91 Å². The Hall–Kier alpha value is -2.24. The molecule has 0 aliphatic heterocycles. The van der Waals surface area contributed by atoms with E-state index >= 15 is 0 Å². The Labute approximate surface area is 117 Å². The summed E-state index contributed by atoms with van der Waals surface area (Å²) < 4.78 is 10.2. The van der Waals surface area contributed by atoms with Crippen molar-refractivity contribution in [2.75, 3.05) is 20.8 Å². The summed E-state index contributed by atoms with van der Waals surface area (Å²) in [5, 5.41) is 11.4. The van der Waals surface area contributed by atoms with Crippen LogP contribution in [0.1, 0.15) is 23.7 Å². The lowest BCUT2D eigenvalue weighted by molar-refractivity contribution is -0.141. The van der Waals surface area contributed by atoms with Gasteiger partial charge in [-0.1, -0.05) is 6.92 Å². The Morgan fingerprint density at radius 3 is 2.55 bits per heavy atom. The number of methoxy groups -OCH3 is 2. The fourth-order valence-corrected chi connectivity index (χ4v) is 1.61. The number of nitrogens with one attached hydrogen (secondary N) is 1. The smallest absolute Gasteiger partial charge is 0.306 e. The molecule has 0 saturated carbocycles. The number of carboxylic acid groups (broad SMARTS) is 1. The van der Waals surface area contributed by atoms with Gasteiger partial charge in [0.15, 0.2) is 0 Å². The summed E-state index contributed by atoms with van der Waals surface area (Å²) in [6.45, 7) is 1.89. The van der Waals surface area contributed by atoms with Crippen LogP contribution < -0.4 is 14.8 Å². The van der Waals surface area contributed by atoms with E-state index in [2.05, 4.69) is 5.32 Å². The molecular formula is C14H19NO5. The van der Waals surface area contributed by atoms with Crippen LogP contribution in [0.2, 0.25) is 0 Å². The zero-order valence-corrected chi connectivity index (χ0v) is 11.8. The molecule has 0 aromatic heterocycles. The van der Waals surface area contributed by atoms with Gasteiger partial charge in [0.1, 0.15) is 11.5 Å². The third-order valence-electron chi connectivity index (χ3n) is 2.94. The zero-order valence-electron chi connectivity index (χ0n) is 11.8. The highest BCUT2D eigenvalue weighted by Gasteiger charge is 2.15. The van der Waals surface area contributed by atoms with Gasteiger partial charge in [0.2, 0.25) is 0 Å². The molecular weight excluding hydrogens is 262 g/mol. The molecule has 1 atom stereocenters. The largest absolute Gasteiger partial charge is 0.497 e. The first kappa shape index (κ1) is 15.8. The van der Waals surface area contributed by atoms with Gasteiger partial charge < -0.3 is 19.9 Å². The molecule has 6 nitrogen and oxygen atoms in total. The van der Waals surface area contributed by atoms with Crippen molar-refractivity contribution in [3.8, 4) is 11.5 Å². The number of aliphatic carboxylic acids is 1. The van der Waals surface area contributed by atoms with Crippen LogP contribution in [0.15, 0.2) is 18.2 Å². The predicted molar refractivity (Wildman–Crippen MR) is 73.3 cm³/mol. The molecule has 1 unspecified atom stereocenters. The van der Waals surface area contributed by atoms with E-state index in [1.165, 1.54) is 14.2 Å². The number of carbonyl (C=O) groups is 2.